The second kappa shape index (κ2) is 8.10. The lowest BCUT2D eigenvalue weighted by atomic mass is 10.1. The molecular weight excluding hydrogens is 354 g/mol. The van der Waals surface area contributed by atoms with Crippen LogP contribution in [0.2, 0.25) is 5.02 Å². The van der Waals surface area contributed by atoms with Crippen molar-refractivity contribution in [2.45, 2.75) is 32.9 Å². The van der Waals surface area contributed by atoms with E-state index in [0.29, 0.717) is 23.9 Å². The summed E-state index contributed by atoms with van der Waals surface area (Å²) in [6.45, 7) is 8.53. The summed E-state index contributed by atoms with van der Waals surface area (Å²) in [6.07, 6.45) is -0.239. The van der Waals surface area contributed by atoms with Gasteiger partial charge in [0.15, 0.2) is 5.76 Å². The molecule has 3 rings (SSSR count). The van der Waals surface area contributed by atoms with E-state index in [1.165, 1.54) is 0 Å². The van der Waals surface area contributed by atoms with E-state index in [9.17, 15) is 4.79 Å². The molecule has 0 spiro atoms. The van der Waals surface area contributed by atoms with Crippen LogP contribution < -0.4 is 0 Å². The average molecular weight is 378 g/mol. The maximum absolute atomic E-state index is 12.0. The molecule has 1 amide bonds. The quantitative estimate of drug-likeness (QED) is 0.798. The molecule has 2 atom stereocenters. The van der Waals surface area contributed by atoms with Gasteiger partial charge >= 0.3 is 6.09 Å². The molecule has 1 aromatic heterocycles. The molecule has 1 unspecified atom stereocenters. The van der Waals surface area contributed by atoms with Crippen LogP contribution in [-0.2, 0) is 4.74 Å². The SMILES string of the molecule is CCOC(=O)N1CCN(C(C)c2cc(-c3cccc(Cl)c3)on2)C[C@@H]1C. The van der Waals surface area contributed by atoms with Crippen molar-refractivity contribution in [3.8, 4) is 11.3 Å². The highest BCUT2D eigenvalue weighted by Crippen LogP contribution is 2.28. The van der Waals surface area contributed by atoms with Crippen LogP contribution >= 0.6 is 11.6 Å². The molecule has 2 heterocycles. The summed E-state index contributed by atoms with van der Waals surface area (Å²) in [4.78, 5) is 16.1. The van der Waals surface area contributed by atoms with E-state index < -0.39 is 0 Å². The van der Waals surface area contributed by atoms with Crippen molar-refractivity contribution in [3.05, 3.63) is 41.0 Å². The van der Waals surface area contributed by atoms with Crippen molar-refractivity contribution in [2.75, 3.05) is 26.2 Å². The Bertz CT molecular complexity index is 764. The van der Waals surface area contributed by atoms with Gasteiger partial charge < -0.3 is 14.2 Å². The first-order valence-corrected chi connectivity index (χ1v) is 9.27. The van der Waals surface area contributed by atoms with Gasteiger partial charge in [-0.25, -0.2) is 4.79 Å². The van der Waals surface area contributed by atoms with E-state index in [1.807, 2.05) is 44.2 Å². The van der Waals surface area contributed by atoms with Crippen molar-refractivity contribution in [3.63, 3.8) is 0 Å². The van der Waals surface area contributed by atoms with E-state index >= 15 is 0 Å². The first kappa shape index (κ1) is 18.7. The largest absolute Gasteiger partial charge is 0.450 e. The molecule has 2 aromatic rings. The maximum Gasteiger partial charge on any atom is 0.410 e. The minimum atomic E-state index is -0.239. The number of halogens is 1. The van der Waals surface area contributed by atoms with E-state index in [4.69, 9.17) is 20.9 Å². The van der Waals surface area contributed by atoms with Crippen molar-refractivity contribution < 1.29 is 14.1 Å². The Morgan fingerprint density at radius 3 is 2.92 bits per heavy atom. The molecule has 7 heteroatoms. The van der Waals surface area contributed by atoms with Crippen molar-refractivity contribution in [1.29, 1.82) is 0 Å². The Morgan fingerprint density at radius 2 is 2.23 bits per heavy atom. The van der Waals surface area contributed by atoms with Gasteiger partial charge in [0.1, 0.15) is 5.69 Å². The molecule has 0 bridgehead atoms. The first-order valence-electron chi connectivity index (χ1n) is 8.89. The van der Waals surface area contributed by atoms with Crippen molar-refractivity contribution in [2.24, 2.45) is 0 Å². The number of rotatable bonds is 4. The van der Waals surface area contributed by atoms with Crippen molar-refractivity contribution >= 4 is 17.7 Å². The molecule has 0 saturated carbocycles. The topological polar surface area (TPSA) is 58.8 Å². The summed E-state index contributed by atoms with van der Waals surface area (Å²) in [5.74, 6) is 0.701. The van der Waals surface area contributed by atoms with Crippen LogP contribution in [0, 0.1) is 0 Å². The highest BCUT2D eigenvalue weighted by atomic mass is 35.5. The molecule has 140 valence electrons. The number of aromatic nitrogens is 1. The second-order valence-electron chi connectivity index (χ2n) is 6.54. The normalized spacial score (nSPS) is 19.4. The molecule has 0 aliphatic carbocycles. The minimum absolute atomic E-state index is 0.0875. The number of hydrogen-bond donors (Lipinski definition) is 0. The fourth-order valence-corrected chi connectivity index (χ4v) is 3.46. The van der Waals surface area contributed by atoms with Crippen LogP contribution in [0.5, 0.6) is 0 Å². The molecule has 1 fully saturated rings. The Balaban J connectivity index is 1.67. The molecule has 1 aromatic carbocycles. The third-order valence-electron chi connectivity index (χ3n) is 4.77. The Hall–Kier alpha value is -2.05. The molecule has 1 saturated heterocycles. The van der Waals surface area contributed by atoms with Gasteiger partial charge in [0, 0.05) is 42.3 Å². The molecular formula is C19H24ClN3O3. The maximum atomic E-state index is 12.0. The fraction of sp³-hybridized carbons (Fsp3) is 0.474. The second-order valence-corrected chi connectivity index (χ2v) is 6.98. The summed E-state index contributed by atoms with van der Waals surface area (Å²) in [7, 11) is 0. The summed E-state index contributed by atoms with van der Waals surface area (Å²) >= 11 is 6.05. The molecule has 0 N–H and O–H groups in total. The number of piperazine rings is 1. The van der Waals surface area contributed by atoms with Crippen molar-refractivity contribution in [1.82, 2.24) is 15.0 Å². The summed E-state index contributed by atoms with van der Waals surface area (Å²) in [5, 5.41) is 4.91. The monoisotopic (exact) mass is 377 g/mol. The van der Waals surface area contributed by atoms with Gasteiger partial charge in [-0.05, 0) is 32.9 Å². The lowest BCUT2D eigenvalue weighted by Crippen LogP contribution is -2.54. The van der Waals surface area contributed by atoms with E-state index in [-0.39, 0.29) is 18.2 Å². The highest BCUT2D eigenvalue weighted by molar-refractivity contribution is 6.30. The number of hydrogen-bond acceptors (Lipinski definition) is 5. The Morgan fingerprint density at radius 1 is 1.42 bits per heavy atom. The summed E-state index contributed by atoms with van der Waals surface area (Å²) in [6, 6.07) is 9.66. The fourth-order valence-electron chi connectivity index (χ4n) is 3.27. The molecule has 1 aliphatic rings. The van der Waals surface area contributed by atoms with Crippen LogP contribution in [0.15, 0.2) is 34.9 Å². The van der Waals surface area contributed by atoms with E-state index in [2.05, 4.69) is 17.0 Å². The van der Waals surface area contributed by atoms with E-state index in [1.54, 1.807) is 4.90 Å². The first-order chi connectivity index (χ1) is 12.5. The Labute approximate surface area is 158 Å². The third-order valence-corrected chi connectivity index (χ3v) is 5.01. The van der Waals surface area contributed by atoms with Gasteiger partial charge in [0.05, 0.1) is 12.6 Å². The van der Waals surface area contributed by atoms with Gasteiger partial charge in [0.2, 0.25) is 0 Å². The zero-order valence-electron chi connectivity index (χ0n) is 15.3. The number of carbonyl (C=O) groups is 1. The zero-order chi connectivity index (χ0) is 18.7. The molecule has 6 nitrogen and oxygen atoms in total. The van der Waals surface area contributed by atoms with Gasteiger partial charge in [-0.1, -0.05) is 28.9 Å². The Kier molecular flexibility index (Phi) is 5.84. The minimum Gasteiger partial charge on any atom is -0.450 e. The van der Waals surface area contributed by atoms with Crippen LogP contribution in [0.1, 0.15) is 32.5 Å². The summed E-state index contributed by atoms with van der Waals surface area (Å²) < 4.78 is 10.6. The number of nitrogens with zero attached hydrogens (tertiary/aromatic N) is 3. The number of carbonyl (C=O) groups excluding carboxylic acids is 1. The third kappa shape index (κ3) is 4.02. The van der Waals surface area contributed by atoms with Crippen LogP contribution in [0.25, 0.3) is 11.3 Å². The number of benzene rings is 1. The zero-order valence-corrected chi connectivity index (χ0v) is 16.1. The molecule has 1 aliphatic heterocycles. The van der Waals surface area contributed by atoms with Gasteiger partial charge in [0.25, 0.3) is 0 Å². The number of ether oxygens (including phenoxy) is 1. The van der Waals surface area contributed by atoms with E-state index in [0.717, 1.165) is 24.3 Å². The van der Waals surface area contributed by atoms with Gasteiger partial charge in [-0.2, -0.15) is 0 Å². The van der Waals surface area contributed by atoms with Gasteiger partial charge in [-0.3, -0.25) is 4.90 Å². The smallest absolute Gasteiger partial charge is 0.410 e. The van der Waals surface area contributed by atoms with Gasteiger partial charge in [-0.15, -0.1) is 0 Å². The number of amides is 1. The summed E-state index contributed by atoms with van der Waals surface area (Å²) in [5.41, 5.74) is 1.78. The van der Waals surface area contributed by atoms with Crippen LogP contribution in [0.4, 0.5) is 4.79 Å². The lowest BCUT2D eigenvalue weighted by molar-refractivity contribution is 0.0406. The van der Waals surface area contributed by atoms with Crippen LogP contribution in [-0.4, -0.2) is 53.3 Å². The predicted molar refractivity (Wildman–Crippen MR) is 100 cm³/mol. The predicted octanol–water partition coefficient (Wildman–Crippen LogP) is 4.22. The van der Waals surface area contributed by atoms with Crippen LogP contribution in [0.3, 0.4) is 0 Å². The highest BCUT2D eigenvalue weighted by Gasteiger charge is 2.31. The molecule has 0 radical (unpaired) electrons. The lowest BCUT2D eigenvalue weighted by Gasteiger charge is -2.41. The molecule has 26 heavy (non-hydrogen) atoms. The average Bonchev–Trinajstić information content (AvgIpc) is 3.11. The standard InChI is InChI=1S/C19H24ClN3O3/c1-4-25-19(24)23-9-8-22(12-13(23)2)14(3)17-11-18(26-21-17)15-6-5-7-16(20)10-15/h5-7,10-11,13-14H,4,8-9,12H2,1-3H3/t13-,14?/m0/s1.